The number of rotatable bonds is 7. The van der Waals surface area contributed by atoms with Crippen molar-refractivity contribution in [3.63, 3.8) is 0 Å². The Hall–Kier alpha value is -1.43. The second-order valence-electron chi connectivity index (χ2n) is 4.56. The molecule has 0 saturated carbocycles. The van der Waals surface area contributed by atoms with E-state index in [1.165, 1.54) is 11.3 Å². The molecule has 0 fully saturated rings. The minimum atomic E-state index is -0.202. The standard InChI is InChI=1S/C15H17ClN2O2S/c1-20-14(11-3-2-4-12(16)7-11)8-17-15(19)6-5-13-9-21-10-18-13/h2-4,7,9-10,14H,5-6,8H2,1H3,(H,17,19)/t14-/m0/s1. The van der Waals surface area contributed by atoms with Gasteiger partial charge < -0.3 is 10.1 Å². The Morgan fingerprint density at radius 3 is 3.05 bits per heavy atom. The lowest BCUT2D eigenvalue weighted by Crippen LogP contribution is -2.29. The lowest BCUT2D eigenvalue weighted by atomic mass is 10.1. The molecule has 21 heavy (non-hydrogen) atoms. The fourth-order valence-corrected chi connectivity index (χ4v) is 2.73. The maximum Gasteiger partial charge on any atom is 0.220 e. The fourth-order valence-electron chi connectivity index (χ4n) is 1.94. The number of amides is 1. The molecule has 4 nitrogen and oxygen atoms in total. The first-order valence-electron chi connectivity index (χ1n) is 6.61. The van der Waals surface area contributed by atoms with E-state index in [2.05, 4.69) is 10.3 Å². The number of halogens is 1. The Bertz CT molecular complexity index is 575. The maximum atomic E-state index is 11.8. The number of nitrogens with one attached hydrogen (secondary N) is 1. The van der Waals surface area contributed by atoms with Crippen molar-refractivity contribution in [2.45, 2.75) is 18.9 Å². The molecule has 0 saturated heterocycles. The number of carbonyl (C=O) groups is 1. The highest BCUT2D eigenvalue weighted by molar-refractivity contribution is 7.07. The Morgan fingerprint density at radius 1 is 1.52 bits per heavy atom. The predicted molar refractivity (Wildman–Crippen MR) is 84.6 cm³/mol. The van der Waals surface area contributed by atoms with Gasteiger partial charge in [-0.1, -0.05) is 23.7 Å². The molecule has 1 atom stereocenters. The monoisotopic (exact) mass is 324 g/mol. The van der Waals surface area contributed by atoms with E-state index < -0.39 is 0 Å². The van der Waals surface area contributed by atoms with Crippen LogP contribution < -0.4 is 5.32 Å². The van der Waals surface area contributed by atoms with Crippen LogP contribution in [0.15, 0.2) is 35.2 Å². The smallest absolute Gasteiger partial charge is 0.220 e. The molecule has 1 aromatic heterocycles. The highest BCUT2D eigenvalue weighted by Gasteiger charge is 2.12. The highest BCUT2D eigenvalue weighted by atomic mass is 35.5. The zero-order valence-corrected chi connectivity index (χ0v) is 13.3. The molecule has 0 bridgehead atoms. The molecule has 0 unspecified atom stereocenters. The first-order chi connectivity index (χ1) is 10.2. The molecule has 2 aromatic rings. The minimum Gasteiger partial charge on any atom is -0.375 e. The van der Waals surface area contributed by atoms with E-state index in [1.807, 2.05) is 29.6 Å². The number of thiazole rings is 1. The van der Waals surface area contributed by atoms with Crippen molar-refractivity contribution >= 4 is 28.8 Å². The van der Waals surface area contributed by atoms with E-state index in [4.69, 9.17) is 16.3 Å². The highest BCUT2D eigenvalue weighted by Crippen LogP contribution is 2.19. The summed E-state index contributed by atoms with van der Waals surface area (Å²) in [5, 5.41) is 5.50. The molecule has 1 aromatic carbocycles. The summed E-state index contributed by atoms with van der Waals surface area (Å²) < 4.78 is 5.41. The van der Waals surface area contributed by atoms with E-state index in [0.29, 0.717) is 24.4 Å². The molecule has 1 heterocycles. The molecule has 0 aliphatic heterocycles. The van der Waals surface area contributed by atoms with Crippen molar-refractivity contribution in [2.75, 3.05) is 13.7 Å². The Morgan fingerprint density at radius 2 is 2.38 bits per heavy atom. The lowest BCUT2D eigenvalue weighted by molar-refractivity contribution is -0.121. The maximum absolute atomic E-state index is 11.8. The van der Waals surface area contributed by atoms with Crippen LogP contribution >= 0.6 is 22.9 Å². The molecular weight excluding hydrogens is 308 g/mol. The van der Waals surface area contributed by atoms with Crippen LogP contribution in [0, 0.1) is 0 Å². The van der Waals surface area contributed by atoms with Gasteiger partial charge in [0, 0.05) is 30.5 Å². The van der Waals surface area contributed by atoms with E-state index in [0.717, 1.165) is 11.3 Å². The number of methoxy groups -OCH3 is 1. The zero-order chi connectivity index (χ0) is 15.1. The van der Waals surface area contributed by atoms with Crippen molar-refractivity contribution in [2.24, 2.45) is 0 Å². The molecule has 6 heteroatoms. The quantitative estimate of drug-likeness (QED) is 0.850. The van der Waals surface area contributed by atoms with E-state index in [-0.39, 0.29) is 12.0 Å². The number of aromatic nitrogens is 1. The molecule has 1 N–H and O–H groups in total. The van der Waals surface area contributed by atoms with Gasteiger partial charge >= 0.3 is 0 Å². The van der Waals surface area contributed by atoms with Gasteiger partial charge in [0.15, 0.2) is 0 Å². The normalized spacial score (nSPS) is 12.1. The topological polar surface area (TPSA) is 51.2 Å². The predicted octanol–water partition coefficient (Wildman–Crippen LogP) is 3.23. The van der Waals surface area contributed by atoms with Crippen molar-refractivity contribution in [3.05, 3.63) is 51.4 Å². The average molecular weight is 325 g/mol. The number of hydrogen-bond donors (Lipinski definition) is 1. The van der Waals surface area contributed by atoms with E-state index in [1.54, 1.807) is 12.6 Å². The van der Waals surface area contributed by atoms with Crippen molar-refractivity contribution in [3.8, 4) is 0 Å². The Labute approximate surface area is 133 Å². The first-order valence-corrected chi connectivity index (χ1v) is 7.93. The summed E-state index contributed by atoms with van der Waals surface area (Å²) in [6.45, 7) is 0.423. The summed E-state index contributed by atoms with van der Waals surface area (Å²) in [6.07, 6.45) is 0.881. The van der Waals surface area contributed by atoms with Crippen LogP contribution in [-0.4, -0.2) is 24.5 Å². The molecule has 0 aliphatic rings. The van der Waals surface area contributed by atoms with Crippen LogP contribution in [0.2, 0.25) is 5.02 Å². The number of benzene rings is 1. The molecule has 1 amide bonds. The van der Waals surface area contributed by atoms with Gasteiger partial charge in [0.25, 0.3) is 0 Å². The number of carbonyl (C=O) groups excluding carboxylic acids is 1. The fraction of sp³-hybridized carbons (Fsp3) is 0.333. The molecule has 0 aliphatic carbocycles. The molecular formula is C15H17ClN2O2S. The minimum absolute atomic E-state index is 0.00734. The van der Waals surface area contributed by atoms with Gasteiger partial charge in [0.2, 0.25) is 5.91 Å². The SMILES string of the molecule is CO[C@@H](CNC(=O)CCc1cscn1)c1cccc(Cl)c1. The lowest BCUT2D eigenvalue weighted by Gasteiger charge is -2.16. The van der Waals surface area contributed by atoms with E-state index >= 15 is 0 Å². The largest absolute Gasteiger partial charge is 0.375 e. The van der Waals surface area contributed by atoms with Gasteiger partial charge in [-0.3, -0.25) is 4.79 Å². The van der Waals surface area contributed by atoms with Crippen LogP contribution in [0.3, 0.4) is 0 Å². The van der Waals surface area contributed by atoms with Gasteiger partial charge in [-0.25, -0.2) is 4.98 Å². The van der Waals surface area contributed by atoms with Crippen molar-refractivity contribution < 1.29 is 9.53 Å². The average Bonchev–Trinajstić information content (AvgIpc) is 2.99. The first kappa shape index (κ1) is 15.9. The van der Waals surface area contributed by atoms with Gasteiger partial charge in [0.05, 0.1) is 17.3 Å². The Kier molecular flexibility index (Phi) is 6.17. The second kappa shape index (κ2) is 8.12. The van der Waals surface area contributed by atoms with Gasteiger partial charge in [-0.05, 0) is 24.1 Å². The van der Waals surface area contributed by atoms with Crippen LogP contribution in [-0.2, 0) is 16.0 Å². The summed E-state index contributed by atoms with van der Waals surface area (Å²) in [6, 6.07) is 7.45. The van der Waals surface area contributed by atoms with Crippen LogP contribution in [0.25, 0.3) is 0 Å². The second-order valence-corrected chi connectivity index (χ2v) is 5.72. The summed E-state index contributed by atoms with van der Waals surface area (Å²) >= 11 is 7.50. The third-order valence-electron chi connectivity index (χ3n) is 3.08. The number of aryl methyl sites for hydroxylation is 1. The molecule has 2 rings (SSSR count). The summed E-state index contributed by atoms with van der Waals surface area (Å²) in [5.74, 6) is -0.00734. The number of ether oxygens (including phenoxy) is 1. The van der Waals surface area contributed by atoms with Crippen molar-refractivity contribution in [1.82, 2.24) is 10.3 Å². The summed E-state index contributed by atoms with van der Waals surface area (Å²) in [5.41, 5.74) is 3.67. The van der Waals surface area contributed by atoms with Gasteiger partial charge in [-0.2, -0.15) is 0 Å². The van der Waals surface area contributed by atoms with E-state index in [9.17, 15) is 4.79 Å². The third-order valence-corrected chi connectivity index (χ3v) is 3.95. The van der Waals surface area contributed by atoms with Crippen molar-refractivity contribution in [1.29, 1.82) is 0 Å². The summed E-state index contributed by atoms with van der Waals surface area (Å²) in [7, 11) is 1.62. The molecule has 112 valence electrons. The van der Waals surface area contributed by atoms with Crippen LogP contribution in [0.1, 0.15) is 23.8 Å². The molecule has 0 spiro atoms. The number of hydrogen-bond acceptors (Lipinski definition) is 4. The van der Waals surface area contributed by atoms with Gasteiger partial charge in [0.1, 0.15) is 0 Å². The molecule has 0 radical (unpaired) electrons. The van der Waals surface area contributed by atoms with Gasteiger partial charge in [-0.15, -0.1) is 11.3 Å². The number of nitrogens with zero attached hydrogens (tertiary/aromatic N) is 1. The van der Waals surface area contributed by atoms with Crippen LogP contribution in [0.5, 0.6) is 0 Å². The zero-order valence-electron chi connectivity index (χ0n) is 11.7. The third kappa shape index (κ3) is 5.12. The van der Waals surface area contributed by atoms with Crippen LogP contribution in [0.4, 0.5) is 0 Å². The summed E-state index contributed by atoms with van der Waals surface area (Å²) in [4.78, 5) is 16.0. The Balaban J connectivity index is 1.81.